The molecule has 84 valence electrons. The van der Waals surface area contributed by atoms with E-state index in [1.165, 1.54) is 13.3 Å². The van der Waals surface area contributed by atoms with Crippen LogP contribution in [0.1, 0.15) is 0 Å². The van der Waals surface area contributed by atoms with Crippen LogP contribution in [0, 0.1) is 0 Å². The molecule has 0 aliphatic heterocycles. The molecule has 1 aromatic heterocycles. The van der Waals surface area contributed by atoms with Gasteiger partial charge in [-0.25, -0.2) is 0 Å². The first-order valence-corrected chi connectivity index (χ1v) is 5.12. The lowest BCUT2D eigenvalue weighted by atomic mass is 10.1. The molecule has 0 spiro atoms. The Balaban J connectivity index is 2.68. The molecule has 0 aliphatic rings. The van der Waals surface area contributed by atoms with Crippen LogP contribution < -0.4 is 10.5 Å². The zero-order chi connectivity index (χ0) is 11.7. The molecule has 0 saturated heterocycles. The SMILES string of the molecule is COc1c(Cl)cc(Cl)cc1-c1cnoc1N. The van der Waals surface area contributed by atoms with Gasteiger partial charge in [-0.1, -0.05) is 28.4 Å². The maximum atomic E-state index is 6.00. The minimum Gasteiger partial charge on any atom is -0.495 e. The zero-order valence-corrected chi connectivity index (χ0v) is 9.84. The second-order valence-electron chi connectivity index (χ2n) is 3.07. The highest BCUT2D eigenvalue weighted by Gasteiger charge is 2.16. The smallest absolute Gasteiger partial charge is 0.230 e. The molecule has 1 heterocycles. The zero-order valence-electron chi connectivity index (χ0n) is 8.33. The number of hydrogen-bond acceptors (Lipinski definition) is 4. The Kier molecular flexibility index (Phi) is 2.94. The lowest BCUT2D eigenvalue weighted by Crippen LogP contribution is -1.91. The van der Waals surface area contributed by atoms with Crippen molar-refractivity contribution in [3.05, 3.63) is 28.4 Å². The predicted molar refractivity (Wildman–Crippen MR) is 62.9 cm³/mol. The number of rotatable bonds is 2. The van der Waals surface area contributed by atoms with E-state index in [9.17, 15) is 0 Å². The van der Waals surface area contributed by atoms with Gasteiger partial charge in [0.25, 0.3) is 0 Å². The molecular weight excluding hydrogens is 251 g/mol. The summed E-state index contributed by atoms with van der Waals surface area (Å²) in [6.45, 7) is 0. The maximum absolute atomic E-state index is 6.00. The second-order valence-corrected chi connectivity index (χ2v) is 3.92. The normalized spacial score (nSPS) is 10.4. The summed E-state index contributed by atoms with van der Waals surface area (Å²) in [5.41, 5.74) is 6.88. The number of hydrogen-bond donors (Lipinski definition) is 1. The monoisotopic (exact) mass is 258 g/mol. The summed E-state index contributed by atoms with van der Waals surface area (Å²) in [6.07, 6.45) is 1.49. The number of nitrogens with two attached hydrogens (primary N) is 1. The van der Waals surface area contributed by atoms with E-state index in [1.807, 2.05) is 0 Å². The van der Waals surface area contributed by atoms with Crippen molar-refractivity contribution in [3.8, 4) is 16.9 Å². The second kappa shape index (κ2) is 4.23. The first-order chi connectivity index (χ1) is 7.63. The van der Waals surface area contributed by atoms with Crippen molar-refractivity contribution in [1.82, 2.24) is 5.16 Å². The van der Waals surface area contributed by atoms with E-state index in [-0.39, 0.29) is 5.88 Å². The van der Waals surface area contributed by atoms with Crippen molar-refractivity contribution >= 4 is 29.1 Å². The molecule has 0 saturated carbocycles. The van der Waals surface area contributed by atoms with Gasteiger partial charge in [-0.15, -0.1) is 0 Å². The third-order valence-corrected chi connectivity index (χ3v) is 2.60. The summed E-state index contributed by atoms with van der Waals surface area (Å²) in [7, 11) is 1.52. The predicted octanol–water partition coefficient (Wildman–Crippen LogP) is 3.24. The average molecular weight is 259 g/mol. The van der Waals surface area contributed by atoms with Gasteiger partial charge in [-0.2, -0.15) is 0 Å². The Morgan fingerprint density at radius 2 is 2.06 bits per heavy atom. The van der Waals surface area contributed by atoms with Gasteiger partial charge >= 0.3 is 0 Å². The van der Waals surface area contributed by atoms with Crippen molar-refractivity contribution in [2.45, 2.75) is 0 Å². The highest BCUT2D eigenvalue weighted by atomic mass is 35.5. The molecule has 2 N–H and O–H groups in total. The van der Waals surface area contributed by atoms with Crippen molar-refractivity contribution in [1.29, 1.82) is 0 Å². The summed E-state index contributed by atoms with van der Waals surface area (Å²) >= 11 is 11.9. The number of halogens is 2. The number of nitrogen functional groups attached to an aromatic ring is 1. The van der Waals surface area contributed by atoms with Gasteiger partial charge in [0.2, 0.25) is 5.88 Å². The number of aromatic nitrogens is 1. The van der Waals surface area contributed by atoms with Gasteiger partial charge in [0.15, 0.2) is 0 Å². The van der Waals surface area contributed by atoms with Crippen LogP contribution in [-0.4, -0.2) is 12.3 Å². The van der Waals surface area contributed by atoms with Crippen LogP contribution in [0.5, 0.6) is 5.75 Å². The van der Waals surface area contributed by atoms with E-state index in [4.69, 9.17) is 38.2 Å². The van der Waals surface area contributed by atoms with Gasteiger partial charge in [-0.3, -0.25) is 0 Å². The lowest BCUT2D eigenvalue weighted by Gasteiger charge is -2.09. The molecule has 0 radical (unpaired) electrons. The number of ether oxygens (including phenoxy) is 1. The molecule has 0 atom stereocenters. The van der Waals surface area contributed by atoms with Crippen molar-refractivity contribution in [2.24, 2.45) is 0 Å². The average Bonchev–Trinajstić information content (AvgIpc) is 2.63. The third kappa shape index (κ3) is 1.81. The largest absolute Gasteiger partial charge is 0.495 e. The summed E-state index contributed by atoms with van der Waals surface area (Å²) in [5.74, 6) is 0.678. The molecule has 16 heavy (non-hydrogen) atoms. The van der Waals surface area contributed by atoms with E-state index in [2.05, 4.69) is 5.16 Å². The Hall–Kier alpha value is -1.39. The first-order valence-electron chi connectivity index (χ1n) is 4.37. The summed E-state index contributed by atoms with van der Waals surface area (Å²) in [4.78, 5) is 0. The van der Waals surface area contributed by atoms with Crippen LogP contribution in [0.4, 0.5) is 5.88 Å². The minimum atomic E-state index is 0.191. The number of benzene rings is 1. The fourth-order valence-corrected chi connectivity index (χ4v) is 1.99. The van der Waals surface area contributed by atoms with E-state index >= 15 is 0 Å². The van der Waals surface area contributed by atoms with Crippen LogP contribution >= 0.6 is 23.2 Å². The number of nitrogens with zero attached hydrogens (tertiary/aromatic N) is 1. The fourth-order valence-electron chi connectivity index (χ4n) is 1.42. The van der Waals surface area contributed by atoms with Gasteiger partial charge < -0.3 is 15.0 Å². The molecule has 0 unspecified atom stereocenters. The number of anilines is 1. The summed E-state index contributed by atoms with van der Waals surface area (Å²) in [6, 6.07) is 3.28. The third-order valence-electron chi connectivity index (χ3n) is 2.10. The highest BCUT2D eigenvalue weighted by Crippen LogP contribution is 2.40. The van der Waals surface area contributed by atoms with Gasteiger partial charge in [0, 0.05) is 10.6 Å². The lowest BCUT2D eigenvalue weighted by molar-refractivity contribution is 0.416. The first kappa shape index (κ1) is 11.1. The molecule has 0 bridgehead atoms. The summed E-state index contributed by atoms with van der Waals surface area (Å²) < 4.78 is 9.98. The van der Waals surface area contributed by atoms with Gasteiger partial charge in [0.1, 0.15) is 5.75 Å². The van der Waals surface area contributed by atoms with Gasteiger partial charge in [0.05, 0.1) is 23.9 Å². The van der Waals surface area contributed by atoms with Crippen LogP contribution in [0.2, 0.25) is 10.0 Å². The molecule has 6 heteroatoms. The fraction of sp³-hybridized carbons (Fsp3) is 0.100. The van der Waals surface area contributed by atoms with Crippen molar-refractivity contribution < 1.29 is 9.26 Å². The molecule has 1 aromatic carbocycles. The quantitative estimate of drug-likeness (QED) is 0.899. The molecule has 0 fully saturated rings. The molecule has 0 aliphatic carbocycles. The Morgan fingerprint density at radius 3 is 2.62 bits per heavy atom. The molecule has 2 aromatic rings. The van der Waals surface area contributed by atoms with E-state index in [0.29, 0.717) is 26.9 Å². The van der Waals surface area contributed by atoms with E-state index in [0.717, 1.165) is 0 Å². The standard InChI is InChI=1S/C10H8Cl2N2O2/c1-15-9-6(2-5(11)3-8(9)12)7-4-14-16-10(7)13/h2-4H,13H2,1H3. The maximum Gasteiger partial charge on any atom is 0.230 e. The Morgan fingerprint density at radius 1 is 1.31 bits per heavy atom. The van der Waals surface area contributed by atoms with Crippen molar-refractivity contribution in [3.63, 3.8) is 0 Å². The topological polar surface area (TPSA) is 61.3 Å². The molecule has 4 nitrogen and oxygen atoms in total. The molecule has 2 rings (SSSR count). The van der Waals surface area contributed by atoms with Crippen molar-refractivity contribution in [2.75, 3.05) is 12.8 Å². The minimum absolute atomic E-state index is 0.191. The Bertz CT molecular complexity index is 526. The van der Waals surface area contributed by atoms with Crippen LogP contribution in [-0.2, 0) is 0 Å². The highest BCUT2D eigenvalue weighted by molar-refractivity contribution is 6.36. The van der Waals surface area contributed by atoms with E-state index < -0.39 is 0 Å². The summed E-state index contributed by atoms with van der Waals surface area (Å²) in [5, 5.41) is 4.49. The van der Waals surface area contributed by atoms with E-state index in [1.54, 1.807) is 12.1 Å². The van der Waals surface area contributed by atoms with Crippen LogP contribution in [0.15, 0.2) is 22.9 Å². The molecule has 0 amide bonds. The van der Waals surface area contributed by atoms with Gasteiger partial charge in [-0.05, 0) is 12.1 Å². The van der Waals surface area contributed by atoms with Crippen LogP contribution in [0.3, 0.4) is 0 Å². The van der Waals surface area contributed by atoms with Crippen LogP contribution in [0.25, 0.3) is 11.1 Å². The number of methoxy groups -OCH3 is 1. The molecular formula is C10H8Cl2N2O2. The Labute approximate surface area is 102 Å².